The topological polar surface area (TPSA) is 47.3 Å². The highest BCUT2D eigenvalue weighted by atomic mass is 16.5. The molecule has 2 aromatic rings. The fourth-order valence-electron chi connectivity index (χ4n) is 1.80. The molecule has 18 heavy (non-hydrogen) atoms. The van der Waals surface area contributed by atoms with Gasteiger partial charge in [0, 0.05) is 11.6 Å². The summed E-state index contributed by atoms with van der Waals surface area (Å²) in [5.74, 6) is 2.38. The van der Waals surface area contributed by atoms with Gasteiger partial charge in [0.2, 0.25) is 5.89 Å². The summed E-state index contributed by atoms with van der Waals surface area (Å²) in [6.45, 7) is 0.709. The zero-order chi connectivity index (χ0) is 12.4. The SMILES string of the molecule is COc1ccc(-c2cnc(CNC3CC3)o2)cc1. The Bertz CT molecular complexity index is 515. The van der Waals surface area contributed by atoms with E-state index in [0.717, 1.165) is 23.0 Å². The molecule has 1 saturated carbocycles. The predicted molar refractivity (Wildman–Crippen MR) is 68.4 cm³/mol. The number of oxazole rings is 1. The Hall–Kier alpha value is -1.81. The zero-order valence-electron chi connectivity index (χ0n) is 10.3. The van der Waals surface area contributed by atoms with Crippen molar-refractivity contribution in [3.63, 3.8) is 0 Å². The minimum absolute atomic E-state index is 0.668. The zero-order valence-corrected chi connectivity index (χ0v) is 10.3. The molecule has 4 nitrogen and oxygen atoms in total. The second kappa shape index (κ2) is 4.82. The Labute approximate surface area is 106 Å². The minimum Gasteiger partial charge on any atom is -0.497 e. The molecule has 0 saturated heterocycles. The lowest BCUT2D eigenvalue weighted by atomic mass is 10.2. The molecule has 1 N–H and O–H groups in total. The smallest absolute Gasteiger partial charge is 0.208 e. The highest BCUT2D eigenvalue weighted by molar-refractivity contribution is 5.57. The highest BCUT2D eigenvalue weighted by Gasteiger charge is 2.20. The molecule has 0 unspecified atom stereocenters. The van der Waals surface area contributed by atoms with E-state index in [1.54, 1.807) is 13.3 Å². The summed E-state index contributed by atoms with van der Waals surface area (Å²) in [6.07, 6.45) is 4.31. The van der Waals surface area contributed by atoms with Crippen molar-refractivity contribution in [2.24, 2.45) is 0 Å². The summed E-state index contributed by atoms with van der Waals surface area (Å²) >= 11 is 0. The maximum Gasteiger partial charge on any atom is 0.208 e. The first-order chi connectivity index (χ1) is 8.85. The first-order valence-electron chi connectivity index (χ1n) is 6.17. The standard InChI is InChI=1S/C14H16N2O2/c1-17-12-6-2-10(3-7-12)13-8-16-14(18-13)9-15-11-4-5-11/h2-3,6-8,11,15H,4-5,9H2,1H3. The van der Waals surface area contributed by atoms with E-state index >= 15 is 0 Å². The molecule has 1 heterocycles. The van der Waals surface area contributed by atoms with E-state index in [0.29, 0.717) is 12.6 Å². The van der Waals surface area contributed by atoms with Crippen molar-refractivity contribution in [1.82, 2.24) is 10.3 Å². The Kier molecular flexibility index (Phi) is 3.02. The van der Waals surface area contributed by atoms with Gasteiger partial charge >= 0.3 is 0 Å². The maximum atomic E-state index is 5.71. The van der Waals surface area contributed by atoms with Crippen LogP contribution in [0.5, 0.6) is 5.75 Å². The Morgan fingerprint density at radius 3 is 2.78 bits per heavy atom. The van der Waals surface area contributed by atoms with Crippen molar-refractivity contribution >= 4 is 0 Å². The van der Waals surface area contributed by atoms with Gasteiger partial charge in [-0.25, -0.2) is 4.98 Å². The normalized spacial score (nSPS) is 14.7. The average Bonchev–Trinajstić information content (AvgIpc) is 3.14. The highest BCUT2D eigenvalue weighted by Crippen LogP contribution is 2.24. The monoisotopic (exact) mass is 244 g/mol. The summed E-state index contributed by atoms with van der Waals surface area (Å²) in [4.78, 5) is 4.27. The lowest BCUT2D eigenvalue weighted by Gasteiger charge is -2.00. The summed E-state index contributed by atoms with van der Waals surface area (Å²) in [6, 6.07) is 8.44. The van der Waals surface area contributed by atoms with Crippen LogP contribution in [0.25, 0.3) is 11.3 Å². The van der Waals surface area contributed by atoms with Crippen LogP contribution in [-0.4, -0.2) is 18.1 Å². The van der Waals surface area contributed by atoms with E-state index in [4.69, 9.17) is 9.15 Å². The second-order valence-corrected chi connectivity index (χ2v) is 4.50. The molecular formula is C14H16N2O2. The average molecular weight is 244 g/mol. The Morgan fingerprint density at radius 2 is 2.11 bits per heavy atom. The molecule has 1 aliphatic rings. The number of rotatable bonds is 5. The maximum absolute atomic E-state index is 5.71. The fourth-order valence-corrected chi connectivity index (χ4v) is 1.80. The Balaban J connectivity index is 1.70. The molecule has 1 aromatic heterocycles. The third-order valence-electron chi connectivity index (χ3n) is 3.05. The molecule has 0 atom stereocenters. The largest absolute Gasteiger partial charge is 0.497 e. The van der Waals surface area contributed by atoms with E-state index < -0.39 is 0 Å². The van der Waals surface area contributed by atoms with Crippen LogP contribution >= 0.6 is 0 Å². The molecule has 3 rings (SSSR count). The van der Waals surface area contributed by atoms with Crippen molar-refractivity contribution in [2.45, 2.75) is 25.4 Å². The molecule has 94 valence electrons. The molecule has 4 heteroatoms. The van der Waals surface area contributed by atoms with Crippen LogP contribution in [0.3, 0.4) is 0 Å². The van der Waals surface area contributed by atoms with E-state index in [2.05, 4.69) is 10.3 Å². The molecule has 0 amide bonds. The third-order valence-corrected chi connectivity index (χ3v) is 3.05. The van der Waals surface area contributed by atoms with E-state index in [9.17, 15) is 0 Å². The van der Waals surface area contributed by atoms with Crippen molar-refractivity contribution in [1.29, 1.82) is 0 Å². The number of nitrogens with one attached hydrogen (secondary N) is 1. The van der Waals surface area contributed by atoms with E-state index in [1.807, 2.05) is 24.3 Å². The van der Waals surface area contributed by atoms with Gasteiger partial charge in [-0.15, -0.1) is 0 Å². The van der Waals surface area contributed by atoms with Gasteiger partial charge in [0.15, 0.2) is 5.76 Å². The summed E-state index contributed by atoms with van der Waals surface area (Å²) in [5.41, 5.74) is 1.01. The Morgan fingerprint density at radius 1 is 1.33 bits per heavy atom. The lowest BCUT2D eigenvalue weighted by Crippen LogP contribution is -2.15. The van der Waals surface area contributed by atoms with Gasteiger partial charge in [0.25, 0.3) is 0 Å². The van der Waals surface area contributed by atoms with Crippen LogP contribution < -0.4 is 10.1 Å². The van der Waals surface area contributed by atoms with Crippen molar-refractivity contribution in [2.75, 3.05) is 7.11 Å². The minimum atomic E-state index is 0.668. The first kappa shape index (κ1) is 11.3. The number of methoxy groups -OCH3 is 1. The van der Waals surface area contributed by atoms with Crippen LogP contribution in [-0.2, 0) is 6.54 Å². The molecule has 0 aliphatic heterocycles. The number of hydrogen-bond acceptors (Lipinski definition) is 4. The van der Waals surface area contributed by atoms with Gasteiger partial charge < -0.3 is 14.5 Å². The number of aromatic nitrogens is 1. The van der Waals surface area contributed by atoms with E-state index in [1.165, 1.54) is 12.8 Å². The predicted octanol–water partition coefficient (Wildman–Crippen LogP) is 2.60. The summed E-state index contributed by atoms with van der Waals surface area (Å²) < 4.78 is 10.8. The van der Waals surface area contributed by atoms with Crippen LogP contribution in [0.15, 0.2) is 34.9 Å². The van der Waals surface area contributed by atoms with Gasteiger partial charge in [0.05, 0.1) is 19.9 Å². The van der Waals surface area contributed by atoms with Gasteiger partial charge in [-0.05, 0) is 37.1 Å². The number of nitrogens with zero attached hydrogens (tertiary/aromatic N) is 1. The molecule has 1 aromatic carbocycles. The van der Waals surface area contributed by atoms with Crippen molar-refractivity contribution in [3.05, 3.63) is 36.4 Å². The molecule has 1 aliphatic carbocycles. The second-order valence-electron chi connectivity index (χ2n) is 4.50. The summed E-state index contributed by atoms with van der Waals surface area (Å²) in [7, 11) is 1.66. The van der Waals surface area contributed by atoms with E-state index in [-0.39, 0.29) is 0 Å². The van der Waals surface area contributed by atoms with Gasteiger partial charge in [-0.1, -0.05) is 0 Å². The van der Waals surface area contributed by atoms with Crippen molar-refractivity contribution in [3.8, 4) is 17.1 Å². The first-order valence-corrected chi connectivity index (χ1v) is 6.17. The molecule has 0 bridgehead atoms. The fraction of sp³-hybridized carbons (Fsp3) is 0.357. The van der Waals surface area contributed by atoms with Crippen LogP contribution in [0.1, 0.15) is 18.7 Å². The summed E-state index contributed by atoms with van der Waals surface area (Å²) in [5, 5.41) is 3.38. The van der Waals surface area contributed by atoms with Crippen molar-refractivity contribution < 1.29 is 9.15 Å². The van der Waals surface area contributed by atoms with Crippen LogP contribution in [0.2, 0.25) is 0 Å². The van der Waals surface area contributed by atoms with Gasteiger partial charge in [0.1, 0.15) is 5.75 Å². The van der Waals surface area contributed by atoms with Gasteiger partial charge in [-0.3, -0.25) is 0 Å². The van der Waals surface area contributed by atoms with Crippen LogP contribution in [0.4, 0.5) is 0 Å². The number of ether oxygens (including phenoxy) is 1. The molecule has 0 spiro atoms. The lowest BCUT2D eigenvalue weighted by molar-refractivity contribution is 0.415. The molecule has 0 radical (unpaired) electrons. The number of benzene rings is 1. The third kappa shape index (κ3) is 2.54. The molecule has 1 fully saturated rings. The van der Waals surface area contributed by atoms with Crippen LogP contribution in [0, 0.1) is 0 Å². The molecular weight excluding hydrogens is 228 g/mol. The number of hydrogen-bond donors (Lipinski definition) is 1. The quantitative estimate of drug-likeness (QED) is 0.878. The van der Waals surface area contributed by atoms with Gasteiger partial charge in [-0.2, -0.15) is 0 Å².